The van der Waals surface area contributed by atoms with Crippen molar-refractivity contribution in [3.63, 3.8) is 0 Å². The van der Waals surface area contributed by atoms with Crippen LogP contribution in [0, 0.1) is 11.3 Å². The van der Waals surface area contributed by atoms with E-state index in [1.807, 2.05) is 6.07 Å². The largest absolute Gasteiger partial charge is 0.249 e. The van der Waals surface area contributed by atoms with Gasteiger partial charge in [-0.2, -0.15) is 5.26 Å². The number of rotatable bonds is 2. The van der Waals surface area contributed by atoms with E-state index in [0.717, 1.165) is 5.03 Å². The van der Waals surface area contributed by atoms with Crippen molar-refractivity contribution in [2.24, 2.45) is 0 Å². The van der Waals surface area contributed by atoms with Crippen molar-refractivity contribution < 1.29 is 0 Å². The Bertz CT molecular complexity index is 326. The molecule has 3 heteroatoms. The molecule has 60 valence electrons. The Hall–Kier alpha value is -1.01. The van der Waals surface area contributed by atoms with E-state index in [2.05, 4.69) is 11.1 Å². The highest BCUT2D eigenvalue weighted by Crippen LogP contribution is 2.39. The highest BCUT2D eigenvalue weighted by molar-refractivity contribution is 8.00. The third-order valence-corrected chi connectivity index (χ3v) is 3.05. The van der Waals surface area contributed by atoms with E-state index in [0.29, 0.717) is 10.8 Å². The summed E-state index contributed by atoms with van der Waals surface area (Å²) in [6.07, 6.45) is 4.28. The Balaban J connectivity index is 2.22. The van der Waals surface area contributed by atoms with Gasteiger partial charge in [-0.15, -0.1) is 11.8 Å². The van der Waals surface area contributed by atoms with Gasteiger partial charge in [0.05, 0.1) is 5.56 Å². The fourth-order valence-corrected chi connectivity index (χ4v) is 1.96. The van der Waals surface area contributed by atoms with Crippen LogP contribution in [-0.2, 0) is 0 Å². The zero-order valence-electron chi connectivity index (χ0n) is 6.53. The van der Waals surface area contributed by atoms with Gasteiger partial charge in [0.15, 0.2) is 0 Å². The summed E-state index contributed by atoms with van der Waals surface area (Å²) in [4.78, 5) is 4.17. The molecule has 0 bridgehead atoms. The van der Waals surface area contributed by atoms with Crippen molar-refractivity contribution in [2.75, 3.05) is 0 Å². The Morgan fingerprint density at radius 1 is 1.58 bits per heavy atom. The van der Waals surface area contributed by atoms with Crippen LogP contribution >= 0.6 is 11.8 Å². The lowest BCUT2D eigenvalue weighted by molar-refractivity contribution is 1.11. The molecular formula is C9H8N2S. The summed E-state index contributed by atoms with van der Waals surface area (Å²) in [7, 11) is 0. The maximum Gasteiger partial charge on any atom is 0.114 e. The molecule has 1 fully saturated rings. The van der Waals surface area contributed by atoms with Gasteiger partial charge in [-0.3, -0.25) is 0 Å². The van der Waals surface area contributed by atoms with Crippen molar-refractivity contribution in [3.8, 4) is 6.07 Å². The molecule has 1 saturated carbocycles. The Morgan fingerprint density at radius 2 is 2.42 bits per heavy atom. The van der Waals surface area contributed by atoms with Crippen molar-refractivity contribution >= 4 is 11.8 Å². The molecule has 12 heavy (non-hydrogen) atoms. The average molecular weight is 176 g/mol. The zero-order valence-corrected chi connectivity index (χ0v) is 7.34. The third kappa shape index (κ3) is 1.59. The Kier molecular flexibility index (Phi) is 2.01. The summed E-state index contributed by atoms with van der Waals surface area (Å²) < 4.78 is 0. The number of aromatic nitrogens is 1. The SMILES string of the molecule is N#Cc1cccnc1SC1CC1. The second-order valence-electron chi connectivity index (χ2n) is 2.79. The molecule has 0 atom stereocenters. The standard InChI is InChI=1S/C9H8N2S/c10-6-7-2-1-5-11-9(7)12-8-3-4-8/h1-2,5,8H,3-4H2. The first kappa shape index (κ1) is 7.63. The highest BCUT2D eigenvalue weighted by Gasteiger charge is 2.24. The molecule has 2 nitrogen and oxygen atoms in total. The predicted molar refractivity (Wildman–Crippen MR) is 47.8 cm³/mol. The normalized spacial score (nSPS) is 15.6. The van der Waals surface area contributed by atoms with Gasteiger partial charge in [0, 0.05) is 11.4 Å². The second kappa shape index (κ2) is 3.16. The Labute approximate surface area is 75.6 Å². The van der Waals surface area contributed by atoms with E-state index >= 15 is 0 Å². The van der Waals surface area contributed by atoms with Crippen LogP contribution in [0.15, 0.2) is 23.4 Å². The van der Waals surface area contributed by atoms with Crippen LogP contribution in [0.4, 0.5) is 0 Å². The first-order chi connectivity index (χ1) is 5.90. The molecule has 2 rings (SSSR count). The quantitative estimate of drug-likeness (QED) is 0.693. The van der Waals surface area contributed by atoms with Gasteiger partial charge < -0.3 is 0 Å². The summed E-state index contributed by atoms with van der Waals surface area (Å²) in [5.74, 6) is 0. The molecule has 0 N–H and O–H groups in total. The molecule has 0 saturated heterocycles. The van der Waals surface area contributed by atoms with Gasteiger partial charge in [0.1, 0.15) is 11.1 Å². The lowest BCUT2D eigenvalue weighted by atomic mass is 10.3. The van der Waals surface area contributed by atoms with Crippen molar-refractivity contribution in [3.05, 3.63) is 23.9 Å². The van der Waals surface area contributed by atoms with E-state index in [1.54, 1.807) is 24.0 Å². The van der Waals surface area contributed by atoms with E-state index in [9.17, 15) is 0 Å². The minimum atomic E-state index is 0.703. The van der Waals surface area contributed by atoms with Crippen molar-refractivity contribution in [1.29, 1.82) is 5.26 Å². The lowest BCUT2D eigenvalue weighted by Gasteiger charge is -1.98. The molecule has 1 heterocycles. The van der Waals surface area contributed by atoms with Crippen LogP contribution in [0.1, 0.15) is 18.4 Å². The molecule has 0 unspecified atom stereocenters. The summed E-state index contributed by atoms with van der Waals surface area (Å²) in [5, 5.41) is 10.4. The van der Waals surface area contributed by atoms with Crippen LogP contribution in [-0.4, -0.2) is 10.2 Å². The first-order valence-electron chi connectivity index (χ1n) is 3.92. The molecule has 1 aromatic rings. The predicted octanol–water partition coefficient (Wildman–Crippen LogP) is 2.21. The van der Waals surface area contributed by atoms with E-state index < -0.39 is 0 Å². The van der Waals surface area contributed by atoms with Gasteiger partial charge in [-0.05, 0) is 25.0 Å². The van der Waals surface area contributed by atoms with Crippen LogP contribution in [0.5, 0.6) is 0 Å². The summed E-state index contributed by atoms with van der Waals surface area (Å²) in [5.41, 5.74) is 0.703. The van der Waals surface area contributed by atoms with E-state index in [4.69, 9.17) is 5.26 Å². The minimum Gasteiger partial charge on any atom is -0.249 e. The fourth-order valence-electron chi connectivity index (χ4n) is 0.914. The number of nitriles is 1. The molecular weight excluding hydrogens is 168 g/mol. The molecule has 1 aliphatic rings. The topological polar surface area (TPSA) is 36.7 Å². The number of hydrogen-bond acceptors (Lipinski definition) is 3. The minimum absolute atomic E-state index is 0.703. The van der Waals surface area contributed by atoms with Crippen molar-refractivity contribution in [2.45, 2.75) is 23.1 Å². The summed E-state index contributed by atoms with van der Waals surface area (Å²) in [6, 6.07) is 5.76. The maximum atomic E-state index is 8.75. The van der Waals surface area contributed by atoms with Gasteiger partial charge in [-0.25, -0.2) is 4.98 Å². The second-order valence-corrected chi connectivity index (χ2v) is 4.07. The molecule has 0 amide bonds. The van der Waals surface area contributed by atoms with Crippen LogP contribution < -0.4 is 0 Å². The molecule has 1 aliphatic carbocycles. The smallest absolute Gasteiger partial charge is 0.114 e. The highest BCUT2D eigenvalue weighted by atomic mass is 32.2. The fraction of sp³-hybridized carbons (Fsp3) is 0.333. The average Bonchev–Trinajstić information content (AvgIpc) is 2.89. The third-order valence-electron chi connectivity index (χ3n) is 1.69. The number of nitrogens with zero attached hydrogens (tertiary/aromatic N) is 2. The summed E-state index contributed by atoms with van der Waals surface area (Å²) in [6.45, 7) is 0. The Morgan fingerprint density at radius 3 is 3.08 bits per heavy atom. The van der Waals surface area contributed by atoms with Gasteiger partial charge in [0.2, 0.25) is 0 Å². The van der Waals surface area contributed by atoms with E-state index in [-0.39, 0.29) is 0 Å². The molecule has 1 aromatic heterocycles. The van der Waals surface area contributed by atoms with Crippen LogP contribution in [0.2, 0.25) is 0 Å². The van der Waals surface area contributed by atoms with Gasteiger partial charge in [-0.1, -0.05) is 0 Å². The monoisotopic (exact) mass is 176 g/mol. The molecule has 0 spiro atoms. The molecule has 0 aliphatic heterocycles. The molecule has 0 radical (unpaired) electrons. The number of thioether (sulfide) groups is 1. The van der Waals surface area contributed by atoms with Gasteiger partial charge >= 0.3 is 0 Å². The summed E-state index contributed by atoms with van der Waals surface area (Å²) >= 11 is 1.73. The first-order valence-corrected chi connectivity index (χ1v) is 4.80. The zero-order chi connectivity index (χ0) is 8.39. The number of pyridine rings is 1. The lowest BCUT2D eigenvalue weighted by Crippen LogP contribution is -1.86. The van der Waals surface area contributed by atoms with Crippen molar-refractivity contribution in [1.82, 2.24) is 4.98 Å². The van der Waals surface area contributed by atoms with Crippen LogP contribution in [0.3, 0.4) is 0 Å². The van der Waals surface area contributed by atoms with E-state index in [1.165, 1.54) is 12.8 Å². The van der Waals surface area contributed by atoms with Gasteiger partial charge in [0.25, 0.3) is 0 Å². The van der Waals surface area contributed by atoms with Crippen LogP contribution in [0.25, 0.3) is 0 Å². The number of hydrogen-bond donors (Lipinski definition) is 0. The molecule has 0 aromatic carbocycles. The maximum absolute atomic E-state index is 8.75.